The molecule has 0 aromatic heterocycles. The van der Waals surface area contributed by atoms with Gasteiger partial charge in [0.25, 0.3) is 0 Å². The van der Waals surface area contributed by atoms with Crippen molar-refractivity contribution in [3.05, 3.63) is 47.5 Å². The Hall–Kier alpha value is -1.37. The van der Waals surface area contributed by atoms with Crippen LogP contribution in [0.25, 0.3) is 0 Å². The fourth-order valence-corrected chi connectivity index (χ4v) is 1.66. The van der Waals surface area contributed by atoms with E-state index < -0.39 is 0 Å². The molecule has 0 unspecified atom stereocenters. The first-order valence-electron chi connectivity index (χ1n) is 6.05. The van der Waals surface area contributed by atoms with E-state index in [1.54, 1.807) is 0 Å². The molecule has 0 bridgehead atoms. The molecule has 0 amide bonds. The summed E-state index contributed by atoms with van der Waals surface area (Å²) >= 11 is 0. The molecular formula is C15H20O. The normalized spacial score (nSPS) is 11.4. The molecule has 86 valence electrons. The zero-order chi connectivity index (χ0) is 11.6. The Kier molecular flexibility index (Phi) is 6.24. The first-order valence-corrected chi connectivity index (χ1v) is 6.05. The van der Waals surface area contributed by atoms with Crippen LogP contribution in [0.1, 0.15) is 38.2 Å². The van der Waals surface area contributed by atoms with Crippen LogP contribution < -0.4 is 0 Å². The third-order valence-electron chi connectivity index (χ3n) is 2.65. The number of carbonyl (C=O) groups is 1. The molecule has 1 aromatic carbocycles. The second-order valence-electron chi connectivity index (χ2n) is 4.02. The maximum atomic E-state index is 10.8. The van der Waals surface area contributed by atoms with Crippen molar-refractivity contribution in [2.75, 3.05) is 0 Å². The number of aryl methyl sites for hydroxylation is 1. The number of benzene rings is 1. The summed E-state index contributed by atoms with van der Waals surface area (Å²) in [6, 6.07) is 10.4. The second-order valence-corrected chi connectivity index (χ2v) is 4.02. The van der Waals surface area contributed by atoms with Gasteiger partial charge in [0.2, 0.25) is 0 Å². The van der Waals surface area contributed by atoms with Crippen molar-refractivity contribution >= 4 is 6.29 Å². The molecule has 0 aliphatic rings. The third-order valence-corrected chi connectivity index (χ3v) is 2.65. The summed E-state index contributed by atoms with van der Waals surface area (Å²) in [5.74, 6) is 0. The third kappa shape index (κ3) is 4.92. The lowest BCUT2D eigenvalue weighted by molar-refractivity contribution is -0.105. The Morgan fingerprint density at radius 1 is 1.25 bits per heavy atom. The smallest absolute Gasteiger partial charge is 0.145 e. The predicted molar refractivity (Wildman–Crippen MR) is 68.4 cm³/mol. The lowest BCUT2D eigenvalue weighted by atomic mass is 10.1. The van der Waals surface area contributed by atoms with Gasteiger partial charge in [-0.3, -0.25) is 4.79 Å². The molecule has 0 heterocycles. The Morgan fingerprint density at radius 3 is 2.62 bits per heavy atom. The van der Waals surface area contributed by atoms with E-state index in [4.69, 9.17) is 0 Å². The highest BCUT2D eigenvalue weighted by molar-refractivity contribution is 5.72. The van der Waals surface area contributed by atoms with Crippen LogP contribution in [-0.4, -0.2) is 6.29 Å². The number of hydrogen-bond donors (Lipinski definition) is 0. The standard InChI is InChI=1S/C15H20O/c1-2-3-8-15(13-16)12-7-11-14-9-5-4-6-10-14/h4-6,9-10,12-13H,2-3,7-8,11H2,1H3/b15-12-. The van der Waals surface area contributed by atoms with Crippen LogP contribution >= 0.6 is 0 Å². The number of unbranched alkanes of at least 4 members (excludes halogenated alkanes) is 1. The molecule has 0 fully saturated rings. The van der Waals surface area contributed by atoms with Gasteiger partial charge in [0.1, 0.15) is 6.29 Å². The number of allylic oxidation sites excluding steroid dienone is 2. The van der Waals surface area contributed by atoms with Crippen LogP contribution in [0.5, 0.6) is 0 Å². The van der Waals surface area contributed by atoms with Gasteiger partial charge in [0.05, 0.1) is 0 Å². The number of rotatable bonds is 7. The van der Waals surface area contributed by atoms with Crippen molar-refractivity contribution in [3.8, 4) is 0 Å². The summed E-state index contributed by atoms with van der Waals surface area (Å²) in [6.45, 7) is 2.15. The Morgan fingerprint density at radius 2 is 2.00 bits per heavy atom. The summed E-state index contributed by atoms with van der Waals surface area (Å²) in [5, 5.41) is 0. The van der Waals surface area contributed by atoms with E-state index in [0.29, 0.717) is 0 Å². The summed E-state index contributed by atoms with van der Waals surface area (Å²) in [6.07, 6.45) is 8.23. The van der Waals surface area contributed by atoms with Gasteiger partial charge < -0.3 is 0 Å². The number of hydrogen-bond acceptors (Lipinski definition) is 1. The SMILES string of the molecule is CCCC/C(C=O)=C/CCc1ccccc1. The van der Waals surface area contributed by atoms with Gasteiger partial charge in [-0.2, -0.15) is 0 Å². The molecule has 0 aliphatic heterocycles. The average molecular weight is 216 g/mol. The quantitative estimate of drug-likeness (QED) is 0.498. The Bertz CT molecular complexity index is 325. The minimum Gasteiger partial charge on any atom is -0.298 e. The summed E-state index contributed by atoms with van der Waals surface area (Å²) < 4.78 is 0. The first kappa shape index (κ1) is 12.7. The van der Waals surface area contributed by atoms with Gasteiger partial charge in [0, 0.05) is 0 Å². The highest BCUT2D eigenvalue weighted by Crippen LogP contribution is 2.08. The molecule has 16 heavy (non-hydrogen) atoms. The van der Waals surface area contributed by atoms with E-state index >= 15 is 0 Å². The minimum absolute atomic E-state index is 0.925. The maximum Gasteiger partial charge on any atom is 0.145 e. The molecular weight excluding hydrogens is 196 g/mol. The van der Waals surface area contributed by atoms with Crippen LogP contribution in [0.2, 0.25) is 0 Å². The molecule has 0 spiro atoms. The zero-order valence-corrected chi connectivity index (χ0v) is 9.99. The molecule has 0 atom stereocenters. The topological polar surface area (TPSA) is 17.1 Å². The van der Waals surface area contributed by atoms with E-state index in [0.717, 1.165) is 44.0 Å². The van der Waals surface area contributed by atoms with Crippen LogP contribution in [0.3, 0.4) is 0 Å². The number of carbonyl (C=O) groups excluding carboxylic acids is 1. The highest BCUT2D eigenvalue weighted by Gasteiger charge is 1.95. The lowest BCUT2D eigenvalue weighted by Crippen LogP contribution is -1.88. The molecule has 0 N–H and O–H groups in total. The van der Waals surface area contributed by atoms with Crippen molar-refractivity contribution in [1.29, 1.82) is 0 Å². The van der Waals surface area contributed by atoms with Crippen molar-refractivity contribution < 1.29 is 4.79 Å². The van der Waals surface area contributed by atoms with Crippen molar-refractivity contribution in [2.45, 2.75) is 39.0 Å². The van der Waals surface area contributed by atoms with Crippen molar-refractivity contribution in [2.24, 2.45) is 0 Å². The van der Waals surface area contributed by atoms with E-state index in [9.17, 15) is 4.79 Å². The Labute approximate surface area is 98.2 Å². The molecule has 1 nitrogen and oxygen atoms in total. The molecule has 0 saturated carbocycles. The van der Waals surface area contributed by atoms with E-state index in [-0.39, 0.29) is 0 Å². The summed E-state index contributed by atoms with van der Waals surface area (Å²) in [4.78, 5) is 10.8. The van der Waals surface area contributed by atoms with Gasteiger partial charge in [-0.1, -0.05) is 49.8 Å². The molecule has 1 rings (SSSR count). The monoisotopic (exact) mass is 216 g/mol. The summed E-state index contributed by atoms with van der Waals surface area (Å²) in [7, 11) is 0. The average Bonchev–Trinajstić information content (AvgIpc) is 2.35. The molecule has 1 aromatic rings. The van der Waals surface area contributed by atoms with E-state index in [1.165, 1.54) is 5.56 Å². The predicted octanol–water partition coefficient (Wildman–Crippen LogP) is 3.93. The van der Waals surface area contributed by atoms with Crippen LogP contribution in [0.15, 0.2) is 42.0 Å². The Balaban J connectivity index is 2.37. The molecule has 1 heteroatoms. The molecule has 0 radical (unpaired) electrons. The van der Waals surface area contributed by atoms with Gasteiger partial charge in [-0.25, -0.2) is 0 Å². The first-order chi connectivity index (χ1) is 7.86. The zero-order valence-electron chi connectivity index (χ0n) is 9.99. The van der Waals surface area contributed by atoms with Gasteiger partial charge in [-0.15, -0.1) is 0 Å². The molecule has 0 aliphatic carbocycles. The van der Waals surface area contributed by atoms with Crippen LogP contribution in [-0.2, 0) is 11.2 Å². The fourth-order valence-electron chi connectivity index (χ4n) is 1.66. The van der Waals surface area contributed by atoms with E-state index in [1.807, 2.05) is 6.07 Å². The van der Waals surface area contributed by atoms with Gasteiger partial charge in [0.15, 0.2) is 0 Å². The number of aldehydes is 1. The largest absolute Gasteiger partial charge is 0.298 e. The second kappa shape index (κ2) is 7.86. The van der Waals surface area contributed by atoms with Gasteiger partial charge in [-0.05, 0) is 36.8 Å². The molecule has 0 saturated heterocycles. The highest BCUT2D eigenvalue weighted by atomic mass is 16.1. The van der Waals surface area contributed by atoms with Gasteiger partial charge >= 0.3 is 0 Å². The summed E-state index contributed by atoms with van der Waals surface area (Å²) in [5.41, 5.74) is 2.29. The maximum absolute atomic E-state index is 10.8. The van der Waals surface area contributed by atoms with Crippen molar-refractivity contribution in [3.63, 3.8) is 0 Å². The van der Waals surface area contributed by atoms with Crippen molar-refractivity contribution in [1.82, 2.24) is 0 Å². The van der Waals surface area contributed by atoms with Crippen LogP contribution in [0, 0.1) is 0 Å². The minimum atomic E-state index is 0.925. The fraction of sp³-hybridized carbons (Fsp3) is 0.400. The lowest BCUT2D eigenvalue weighted by Gasteiger charge is -2.00. The van der Waals surface area contributed by atoms with E-state index in [2.05, 4.69) is 37.3 Å². The van der Waals surface area contributed by atoms with Crippen LogP contribution in [0.4, 0.5) is 0 Å².